The molecule has 3 aliphatic heterocycles. The summed E-state index contributed by atoms with van der Waals surface area (Å²) in [4.78, 5) is 16.7. The molecule has 0 bridgehead atoms. The van der Waals surface area contributed by atoms with Crippen LogP contribution in [0.3, 0.4) is 0 Å². The van der Waals surface area contributed by atoms with E-state index in [0.29, 0.717) is 34.5 Å². The van der Waals surface area contributed by atoms with Crippen molar-refractivity contribution in [1.82, 2.24) is 4.90 Å². The fourth-order valence-corrected chi connectivity index (χ4v) is 6.78. The number of carbonyl (C=O) groups is 1. The third-order valence-electron chi connectivity index (χ3n) is 5.94. The van der Waals surface area contributed by atoms with Gasteiger partial charge in [0.1, 0.15) is 5.75 Å². The maximum absolute atomic E-state index is 13.2. The molecule has 0 unspecified atom stereocenters. The van der Waals surface area contributed by atoms with E-state index in [-0.39, 0.29) is 36.8 Å². The number of ether oxygens (including phenoxy) is 3. The van der Waals surface area contributed by atoms with Gasteiger partial charge in [-0.15, -0.1) is 0 Å². The van der Waals surface area contributed by atoms with Crippen molar-refractivity contribution in [3.8, 4) is 17.2 Å². The molecular formula is C21H21ClN2O6S. The van der Waals surface area contributed by atoms with Crippen LogP contribution in [0.2, 0.25) is 5.02 Å². The number of nitrogens with zero attached hydrogens (tertiary/aromatic N) is 2. The summed E-state index contributed by atoms with van der Waals surface area (Å²) >= 11 is 6.26. The minimum atomic E-state index is -3.29. The lowest BCUT2D eigenvalue weighted by atomic mass is 10.0. The van der Waals surface area contributed by atoms with Crippen molar-refractivity contribution in [2.75, 3.05) is 36.9 Å². The fourth-order valence-electron chi connectivity index (χ4n) is 4.55. The second-order valence-corrected chi connectivity index (χ2v) is 10.4. The highest BCUT2D eigenvalue weighted by Crippen LogP contribution is 2.37. The topological polar surface area (TPSA) is 85.4 Å². The van der Waals surface area contributed by atoms with Crippen LogP contribution in [0.25, 0.3) is 0 Å². The molecule has 0 radical (unpaired) electrons. The van der Waals surface area contributed by atoms with E-state index in [1.54, 1.807) is 23.1 Å². The quantitative estimate of drug-likeness (QED) is 0.684. The van der Waals surface area contributed by atoms with Crippen LogP contribution in [-0.2, 0) is 21.2 Å². The summed E-state index contributed by atoms with van der Waals surface area (Å²) in [6, 6.07) is 9.89. The van der Waals surface area contributed by atoms with Crippen LogP contribution in [0.4, 0.5) is 5.69 Å². The smallest absolute Gasteiger partial charge is 0.241 e. The van der Waals surface area contributed by atoms with E-state index < -0.39 is 15.9 Å². The molecule has 0 aromatic heterocycles. The maximum Gasteiger partial charge on any atom is 0.241 e. The molecular weight excluding hydrogens is 444 g/mol. The molecule has 1 amide bonds. The molecule has 2 fully saturated rings. The van der Waals surface area contributed by atoms with Gasteiger partial charge in [-0.05, 0) is 35.9 Å². The van der Waals surface area contributed by atoms with E-state index in [4.69, 9.17) is 25.8 Å². The number of methoxy groups -OCH3 is 1. The van der Waals surface area contributed by atoms with E-state index in [0.717, 1.165) is 5.56 Å². The number of amides is 1. The molecule has 3 heterocycles. The van der Waals surface area contributed by atoms with E-state index in [2.05, 4.69) is 0 Å². The van der Waals surface area contributed by atoms with Gasteiger partial charge < -0.3 is 19.1 Å². The molecule has 10 heteroatoms. The van der Waals surface area contributed by atoms with Gasteiger partial charge in [-0.2, -0.15) is 0 Å². The average Bonchev–Trinajstić information content (AvgIpc) is 3.31. The van der Waals surface area contributed by atoms with Crippen LogP contribution in [0.5, 0.6) is 17.2 Å². The Morgan fingerprint density at radius 2 is 1.87 bits per heavy atom. The lowest BCUT2D eigenvalue weighted by molar-refractivity contribution is -0.123. The Morgan fingerprint density at radius 3 is 2.65 bits per heavy atom. The zero-order chi connectivity index (χ0) is 21.8. The third kappa shape index (κ3) is 3.71. The summed E-state index contributed by atoms with van der Waals surface area (Å²) in [5.74, 6) is 1.60. The number of halogens is 1. The Kier molecular flexibility index (Phi) is 4.99. The summed E-state index contributed by atoms with van der Waals surface area (Å²) in [5.41, 5.74) is 1.51. The van der Waals surface area contributed by atoms with Gasteiger partial charge in [0.2, 0.25) is 12.7 Å². The first-order valence-corrected chi connectivity index (χ1v) is 12.0. The van der Waals surface area contributed by atoms with Crippen LogP contribution < -0.4 is 19.1 Å². The third-order valence-corrected chi connectivity index (χ3v) is 7.93. The molecule has 2 atom stereocenters. The monoisotopic (exact) mass is 464 g/mol. The summed E-state index contributed by atoms with van der Waals surface area (Å²) in [6.45, 7) is 0.731. The van der Waals surface area contributed by atoms with E-state index in [1.165, 1.54) is 7.11 Å². The summed E-state index contributed by atoms with van der Waals surface area (Å²) in [5, 5.41) is 0.369. The zero-order valence-electron chi connectivity index (χ0n) is 16.8. The van der Waals surface area contributed by atoms with Crippen molar-refractivity contribution in [3.63, 3.8) is 0 Å². The molecule has 5 rings (SSSR count). The molecule has 0 N–H and O–H groups in total. The van der Waals surface area contributed by atoms with Crippen molar-refractivity contribution < 1.29 is 27.4 Å². The molecule has 31 heavy (non-hydrogen) atoms. The number of rotatable bonds is 4. The molecule has 2 saturated heterocycles. The van der Waals surface area contributed by atoms with Gasteiger partial charge in [0.05, 0.1) is 36.2 Å². The van der Waals surface area contributed by atoms with Gasteiger partial charge in [-0.3, -0.25) is 9.69 Å². The maximum atomic E-state index is 13.2. The second kappa shape index (κ2) is 7.58. The van der Waals surface area contributed by atoms with Gasteiger partial charge in [-0.25, -0.2) is 8.42 Å². The van der Waals surface area contributed by atoms with Crippen LogP contribution in [-0.4, -0.2) is 63.3 Å². The number of hydrogen-bond acceptors (Lipinski definition) is 7. The predicted octanol–water partition coefficient (Wildman–Crippen LogP) is 2.09. The molecule has 0 aliphatic carbocycles. The van der Waals surface area contributed by atoms with Crippen LogP contribution >= 0.6 is 11.6 Å². The second-order valence-electron chi connectivity index (χ2n) is 7.89. The molecule has 0 spiro atoms. The van der Waals surface area contributed by atoms with Crippen molar-refractivity contribution in [2.24, 2.45) is 0 Å². The highest BCUT2D eigenvalue weighted by atomic mass is 35.5. The van der Waals surface area contributed by atoms with Crippen LogP contribution in [0.15, 0.2) is 36.4 Å². The minimum Gasteiger partial charge on any atom is -0.495 e. The fraction of sp³-hybridized carbons (Fsp3) is 0.381. The van der Waals surface area contributed by atoms with E-state index >= 15 is 0 Å². The Balaban J connectivity index is 1.45. The van der Waals surface area contributed by atoms with Crippen molar-refractivity contribution in [2.45, 2.75) is 18.6 Å². The predicted molar refractivity (Wildman–Crippen MR) is 115 cm³/mol. The van der Waals surface area contributed by atoms with E-state index in [1.807, 2.05) is 23.1 Å². The molecule has 2 aromatic rings. The number of hydrogen-bond donors (Lipinski definition) is 0. The summed E-state index contributed by atoms with van der Waals surface area (Å²) in [7, 11) is -1.77. The number of carbonyl (C=O) groups excluding carboxylic acids is 1. The zero-order valence-corrected chi connectivity index (χ0v) is 18.4. The molecule has 2 aromatic carbocycles. The van der Waals surface area contributed by atoms with Gasteiger partial charge in [-0.1, -0.05) is 17.7 Å². The highest BCUT2D eigenvalue weighted by molar-refractivity contribution is 7.91. The largest absolute Gasteiger partial charge is 0.495 e. The molecule has 164 valence electrons. The Morgan fingerprint density at radius 1 is 1.10 bits per heavy atom. The van der Waals surface area contributed by atoms with Crippen LogP contribution in [0, 0.1) is 0 Å². The summed E-state index contributed by atoms with van der Waals surface area (Å²) < 4.78 is 41.1. The number of piperazine rings is 1. The lowest BCUT2D eigenvalue weighted by Gasteiger charge is -2.43. The number of fused-ring (bicyclic) bond motifs is 2. The SMILES string of the molecule is COc1ccc(N2C(=O)CN(Cc3ccc4c(c3)OCO4)[C@H]3CS(=O)(=O)C[C@@H]32)cc1Cl. The summed E-state index contributed by atoms with van der Waals surface area (Å²) in [6.07, 6.45) is 0. The first-order chi connectivity index (χ1) is 14.8. The molecule has 0 saturated carbocycles. The Bertz CT molecular complexity index is 1150. The van der Waals surface area contributed by atoms with Crippen LogP contribution in [0.1, 0.15) is 5.56 Å². The first kappa shape index (κ1) is 20.4. The Labute approximate surface area is 185 Å². The first-order valence-electron chi connectivity index (χ1n) is 9.83. The molecule has 8 nitrogen and oxygen atoms in total. The Hall–Kier alpha value is -2.49. The number of anilines is 1. The van der Waals surface area contributed by atoms with Crippen molar-refractivity contribution >= 4 is 33.0 Å². The van der Waals surface area contributed by atoms with Gasteiger partial charge in [0.25, 0.3) is 0 Å². The average molecular weight is 465 g/mol. The van der Waals surface area contributed by atoms with Gasteiger partial charge >= 0.3 is 0 Å². The van der Waals surface area contributed by atoms with Gasteiger partial charge in [0.15, 0.2) is 21.3 Å². The van der Waals surface area contributed by atoms with Crippen molar-refractivity contribution in [3.05, 3.63) is 47.0 Å². The lowest BCUT2D eigenvalue weighted by Crippen LogP contribution is -2.61. The highest BCUT2D eigenvalue weighted by Gasteiger charge is 2.49. The van der Waals surface area contributed by atoms with Crippen molar-refractivity contribution in [1.29, 1.82) is 0 Å². The minimum absolute atomic E-state index is 0.00981. The molecule has 3 aliphatic rings. The van der Waals surface area contributed by atoms with Gasteiger partial charge in [0, 0.05) is 18.3 Å². The normalized spacial score (nSPS) is 24.3. The standard InChI is InChI=1S/C21H21ClN2O6S/c1-28-18-5-3-14(7-15(18)22)24-17-11-31(26,27)10-16(17)23(9-21(24)25)8-13-2-4-19-20(6-13)30-12-29-19/h2-7,16-17H,8-12H2,1H3/t16-,17-/m0/s1. The number of benzene rings is 2. The number of sulfone groups is 1. The van der Waals surface area contributed by atoms with E-state index in [9.17, 15) is 13.2 Å².